The third-order valence-electron chi connectivity index (χ3n) is 5.70. The van der Waals surface area contributed by atoms with Crippen molar-refractivity contribution >= 4 is 5.91 Å². The summed E-state index contributed by atoms with van der Waals surface area (Å²) in [5.74, 6) is 1.73. The summed E-state index contributed by atoms with van der Waals surface area (Å²) >= 11 is 0. The lowest BCUT2D eigenvalue weighted by atomic mass is 9.80. The van der Waals surface area contributed by atoms with Gasteiger partial charge in [0.25, 0.3) is 5.91 Å². The molecule has 134 valence electrons. The Morgan fingerprint density at radius 3 is 2.92 bits per heavy atom. The molecule has 7 heteroatoms. The molecule has 0 aromatic carbocycles. The highest BCUT2D eigenvalue weighted by atomic mass is 16.5. The molecule has 7 nitrogen and oxygen atoms in total. The van der Waals surface area contributed by atoms with Gasteiger partial charge in [0.15, 0.2) is 5.82 Å². The molecule has 1 aliphatic carbocycles. The monoisotopic (exact) mass is 343 g/mol. The van der Waals surface area contributed by atoms with E-state index in [1.165, 1.54) is 0 Å². The van der Waals surface area contributed by atoms with Crippen molar-refractivity contribution in [1.29, 1.82) is 0 Å². The van der Waals surface area contributed by atoms with E-state index in [9.17, 15) is 4.79 Å². The lowest BCUT2D eigenvalue weighted by molar-refractivity contribution is 0.0767. The predicted octanol–water partition coefficient (Wildman–Crippen LogP) is 2.59. The van der Waals surface area contributed by atoms with Gasteiger partial charge in [0.1, 0.15) is 5.69 Å². The minimum atomic E-state index is -0.185. The van der Waals surface area contributed by atoms with Crippen LogP contribution in [0.4, 0.5) is 0 Å². The summed E-state index contributed by atoms with van der Waals surface area (Å²) in [4.78, 5) is 27.1. The number of nitrogens with one attached hydrogen (secondary N) is 1. The van der Waals surface area contributed by atoms with E-state index in [1.807, 2.05) is 11.8 Å². The lowest BCUT2D eigenvalue weighted by Crippen LogP contribution is -2.36. The summed E-state index contributed by atoms with van der Waals surface area (Å²) in [6, 6.07) is 0. The topological polar surface area (TPSA) is 87.9 Å². The van der Waals surface area contributed by atoms with Crippen LogP contribution in [-0.2, 0) is 10.8 Å². The molecular formula is C18H25N5O2. The van der Waals surface area contributed by atoms with Gasteiger partial charge in [-0.05, 0) is 25.7 Å². The molecule has 0 spiro atoms. The summed E-state index contributed by atoms with van der Waals surface area (Å²) < 4.78 is 5.53. The highest BCUT2D eigenvalue weighted by molar-refractivity contribution is 5.94. The fourth-order valence-corrected chi connectivity index (χ4v) is 4.47. The summed E-state index contributed by atoms with van der Waals surface area (Å²) in [5, 5.41) is 3.98. The van der Waals surface area contributed by atoms with Crippen molar-refractivity contribution < 1.29 is 9.32 Å². The fourth-order valence-electron chi connectivity index (χ4n) is 4.47. The number of imidazole rings is 1. The number of hydrogen-bond acceptors (Lipinski definition) is 5. The normalized spacial score (nSPS) is 26.2. The van der Waals surface area contributed by atoms with E-state index >= 15 is 0 Å². The van der Waals surface area contributed by atoms with Crippen LogP contribution in [0.25, 0.3) is 0 Å². The molecule has 4 rings (SSSR count). The minimum Gasteiger partial charge on any atom is -0.347 e. The first-order chi connectivity index (χ1) is 11.8. The average molecular weight is 343 g/mol. The molecule has 0 radical (unpaired) electrons. The van der Waals surface area contributed by atoms with Crippen molar-refractivity contribution in [2.75, 3.05) is 13.1 Å². The molecule has 1 aliphatic heterocycles. The predicted molar refractivity (Wildman–Crippen MR) is 91.2 cm³/mol. The summed E-state index contributed by atoms with van der Waals surface area (Å²) in [6.07, 6.45) is 4.85. The van der Waals surface area contributed by atoms with Gasteiger partial charge in [0.05, 0.1) is 17.4 Å². The largest absolute Gasteiger partial charge is 0.347 e. The molecule has 2 fully saturated rings. The molecule has 1 saturated carbocycles. The molecule has 1 saturated heterocycles. The number of carbonyl (C=O) groups excluding carboxylic acids is 1. The molecule has 25 heavy (non-hydrogen) atoms. The zero-order chi connectivity index (χ0) is 17.8. The van der Waals surface area contributed by atoms with E-state index in [1.54, 1.807) is 6.33 Å². The number of likely N-dealkylation sites (tertiary alicyclic amines) is 1. The SMILES string of the molecule is Cc1noc([C@]23CCC[C@H]2CN(C(=O)c2nc[nH]c2C(C)(C)C)C3)n1. The van der Waals surface area contributed by atoms with Crippen LogP contribution in [0, 0.1) is 12.8 Å². The molecule has 2 aliphatic rings. The number of H-pyrrole nitrogens is 1. The van der Waals surface area contributed by atoms with Gasteiger partial charge >= 0.3 is 0 Å². The average Bonchev–Trinajstić information content (AvgIpc) is 3.27. The third kappa shape index (κ3) is 2.48. The number of aryl methyl sites for hydroxylation is 1. The molecule has 3 heterocycles. The Bertz CT molecular complexity index is 802. The van der Waals surface area contributed by atoms with Gasteiger partial charge in [0.2, 0.25) is 5.89 Å². The van der Waals surface area contributed by atoms with Crippen LogP contribution in [0.2, 0.25) is 0 Å². The van der Waals surface area contributed by atoms with Crippen LogP contribution in [-0.4, -0.2) is 44.0 Å². The quantitative estimate of drug-likeness (QED) is 0.905. The summed E-state index contributed by atoms with van der Waals surface area (Å²) in [5.41, 5.74) is 1.08. The number of fused-ring (bicyclic) bond motifs is 1. The Morgan fingerprint density at radius 2 is 2.24 bits per heavy atom. The Labute approximate surface area is 147 Å². The van der Waals surface area contributed by atoms with Crippen LogP contribution in [0.3, 0.4) is 0 Å². The van der Waals surface area contributed by atoms with E-state index in [2.05, 4.69) is 40.9 Å². The number of amides is 1. The van der Waals surface area contributed by atoms with Crippen molar-refractivity contribution in [2.45, 2.75) is 57.8 Å². The summed E-state index contributed by atoms with van der Waals surface area (Å²) in [6.45, 7) is 9.45. The first-order valence-electron chi connectivity index (χ1n) is 8.95. The number of carbonyl (C=O) groups is 1. The van der Waals surface area contributed by atoms with Crippen LogP contribution >= 0.6 is 0 Å². The van der Waals surface area contributed by atoms with E-state index in [4.69, 9.17) is 4.52 Å². The molecule has 0 bridgehead atoms. The molecule has 1 N–H and O–H groups in total. The van der Waals surface area contributed by atoms with Crippen LogP contribution in [0.15, 0.2) is 10.9 Å². The van der Waals surface area contributed by atoms with Gasteiger partial charge < -0.3 is 14.4 Å². The number of nitrogens with zero attached hydrogens (tertiary/aromatic N) is 4. The number of rotatable bonds is 2. The highest BCUT2D eigenvalue weighted by Gasteiger charge is 2.55. The Balaban J connectivity index is 1.64. The molecule has 0 unspecified atom stereocenters. The van der Waals surface area contributed by atoms with Crippen molar-refractivity contribution in [3.63, 3.8) is 0 Å². The molecular weight excluding hydrogens is 318 g/mol. The van der Waals surface area contributed by atoms with Gasteiger partial charge in [0, 0.05) is 18.5 Å². The van der Waals surface area contributed by atoms with Crippen molar-refractivity contribution in [3.05, 3.63) is 29.4 Å². The Hall–Kier alpha value is -2.18. The molecule has 2 aromatic rings. The number of aromatic amines is 1. The van der Waals surface area contributed by atoms with Crippen molar-refractivity contribution in [2.24, 2.45) is 5.92 Å². The summed E-state index contributed by atoms with van der Waals surface area (Å²) in [7, 11) is 0. The Kier molecular flexibility index (Phi) is 3.53. The second kappa shape index (κ2) is 5.41. The van der Waals surface area contributed by atoms with Gasteiger partial charge in [-0.2, -0.15) is 4.98 Å². The molecule has 2 atom stereocenters. The van der Waals surface area contributed by atoms with Crippen LogP contribution in [0.5, 0.6) is 0 Å². The Morgan fingerprint density at radius 1 is 1.44 bits per heavy atom. The molecule has 1 amide bonds. The van der Waals surface area contributed by atoms with E-state index in [0.29, 0.717) is 29.9 Å². The van der Waals surface area contributed by atoms with Crippen molar-refractivity contribution in [1.82, 2.24) is 25.0 Å². The standard InChI is InChI=1S/C18H25N5O2/c1-11-21-16(25-22-11)18-7-5-6-12(18)8-23(9-18)15(24)13-14(17(2,3)4)20-10-19-13/h10,12H,5-9H2,1-4H3,(H,19,20)/t12-,18-/m0/s1. The van der Waals surface area contributed by atoms with Crippen molar-refractivity contribution in [3.8, 4) is 0 Å². The zero-order valence-corrected chi connectivity index (χ0v) is 15.3. The molecule has 2 aromatic heterocycles. The van der Waals surface area contributed by atoms with Gasteiger partial charge in [-0.15, -0.1) is 0 Å². The number of aromatic nitrogens is 4. The highest BCUT2D eigenvalue weighted by Crippen LogP contribution is 2.50. The first-order valence-corrected chi connectivity index (χ1v) is 8.95. The maximum Gasteiger partial charge on any atom is 0.274 e. The fraction of sp³-hybridized carbons (Fsp3) is 0.667. The minimum absolute atomic E-state index is 0.00353. The maximum absolute atomic E-state index is 13.2. The lowest BCUT2D eigenvalue weighted by Gasteiger charge is -2.24. The van der Waals surface area contributed by atoms with E-state index < -0.39 is 0 Å². The third-order valence-corrected chi connectivity index (χ3v) is 5.70. The second-order valence-corrected chi connectivity index (χ2v) is 8.45. The zero-order valence-electron chi connectivity index (χ0n) is 15.3. The number of hydrogen-bond donors (Lipinski definition) is 1. The van der Waals surface area contributed by atoms with E-state index in [0.717, 1.165) is 31.5 Å². The smallest absolute Gasteiger partial charge is 0.274 e. The van der Waals surface area contributed by atoms with Crippen LogP contribution in [0.1, 0.15) is 67.9 Å². The van der Waals surface area contributed by atoms with Gasteiger partial charge in [-0.1, -0.05) is 32.3 Å². The maximum atomic E-state index is 13.2. The van der Waals surface area contributed by atoms with E-state index in [-0.39, 0.29) is 16.7 Å². The first kappa shape index (κ1) is 16.3. The second-order valence-electron chi connectivity index (χ2n) is 8.45. The van der Waals surface area contributed by atoms with Gasteiger partial charge in [-0.25, -0.2) is 4.98 Å². The van der Waals surface area contributed by atoms with Gasteiger partial charge in [-0.3, -0.25) is 4.79 Å². The van der Waals surface area contributed by atoms with Crippen LogP contribution < -0.4 is 0 Å².